The van der Waals surface area contributed by atoms with E-state index in [1.54, 1.807) is 0 Å². The number of rotatable bonds is 3. The fraction of sp³-hybridized carbons (Fsp3) is 1.00. The third-order valence-electron chi connectivity index (χ3n) is 3.47. The molecule has 0 aromatic heterocycles. The van der Waals surface area contributed by atoms with E-state index in [1.165, 1.54) is 32.1 Å². The van der Waals surface area contributed by atoms with E-state index in [9.17, 15) is 0 Å². The van der Waals surface area contributed by atoms with Crippen molar-refractivity contribution in [3.63, 3.8) is 0 Å². The molecule has 2 heteroatoms. The fourth-order valence-electron chi connectivity index (χ4n) is 2.22. The summed E-state index contributed by atoms with van der Waals surface area (Å²) < 4.78 is 0. The van der Waals surface area contributed by atoms with Gasteiger partial charge in [-0.3, -0.25) is 0 Å². The van der Waals surface area contributed by atoms with Crippen molar-refractivity contribution >= 4 is 0 Å². The minimum absolute atomic E-state index is 0.166. The number of nitrogens with two attached hydrogens (primary N) is 1. The normalized spacial score (nSPS) is 38.5. The highest BCUT2D eigenvalue weighted by atomic mass is 15.0. The lowest BCUT2D eigenvalue weighted by molar-refractivity contribution is 0.185. The molecule has 0 atom stereocenters. The third-order valence-corrected chi connectivity index (χ3v) is 3.47. The Hall–Kier alpha value is -0.0800. The Morgan fingerprint density at radius 2 is 2.08 bits per heavy atom. The van der Waals surface area contributed by atoms with Crippen LogP contribution in [-0.4, -0.2) is 18.1 Å². The molecule has 12 heavy (non-hydrogen) atoms. The number of hydrogen-bond donors (Lipinski definition) is 2. The zero-order valence-corrected chi connectivity index (χ0v) is 7.97. The molecule has 0 amide bonds. The number of nitrogens with one attached hydrogen (secondary N) is 1. The topological polar surface area (TPSA) is 38.0 Å². The van der Waals surface area contributed by atoms with Gasteiger partial charge < -0.3 is 11.1 Å². The van der Waals surface area contributed by atoms with Crippen LogP contribution < -0.4 is 11.1 Å². The molecule has 2 nitrogen and oxygen atoms in total. The minimum atomic E-state index is 0.166. The SMILES string of the molecule is CC1CC(NCC2(N)CCC2)C1. The Labute approximate surface area is 74.9 Å². The highest BCUT2D eigenvalue weighted by Crippen LogP contribution is 2.30. The average molecular weight is 168 g/mol. The summed E-state index contributed by atoms with van der Waals surface area (Å²) in [7, 11) is 0. The molecule has 0 heterocycles. The second-order valence-electron chi connectivity index (χ2n) is 4.87. The highest BCUT2D eigenvalue weighted by molar-refractivity contribution is 4.96. The van der Waals surface area contributed by atoms with Crippen molar-refractivity contribution in [1.82, 2.24) is 5.32 Å². The van der Waals surface area contributed by atoms with Crippen molar-refractivity contribution in [3.05, 3.63) is 0 Å². The van der Waals surface area contributed by atoms with Crippen molar-refractivity contribution in [2.24, 2.45) is 11.7 Å². The Balaban J connectivity index is 1.62. The first-order valence-corrected chi connectivity index (χ1v) is 5.20. The summed E-state index contributed by atoms with van der Waals surface area (Å²) in [6, 6.07) is 0.779. The molecule has 2 rings (SSSR count). The molecular weight excluding hydrogens is 148 g/mol. The molecule has 2 fully saturated rings. The molecule has 3 N–H and O–H groups in total. The van der Waals surface area contributed by atoms with Gasteiger partial charge in [0.15, 0.2) is 0 Å². The first-order chi connectivity index (χ1) is 5.68. The maximum atomic E-state index is 6.10. The minimum Gasteiger partial charge on any atom is -0.324 e. The summed E-state index contributed by atoms with van der Waals surface area (Å²) in [4.78, 5) is 0. The predicted octanol–water partition coefficient (Wildman–Crippen LogP) is 1.26. The first-order valence-electron chi connectivity index (χ1n) is 5.20. The Kier molecular flexibility index (Phi) is 2.13. The molecule has 0 unspecified atom stereocenters. The Morgan fingerprint density at radius 1 is 1.42 bits per heavy atom. The summed E-state index contributed by atoms with van der Waals surface area (Å²) in [6.45, 7) is 3.37. The van der Waals surface area contributed by atoms with E-state index < -0.39 is 0 Å². The summed E-state index contributed by atoms with van der Waals surface area (Å²) in [5.74, 6) is 0.942. The lowest BCUT2D eigenvalue weighted by Crippen LogP contribution is -2.57. The van der Waals surface area contributed by atoms with Crippen LogP contribution in [0.25, 0.3) is 0 Å². The standard InChI is InChI=1S/C10H20N2/c1-8-5-9(6-8)12-7-10(11)3-2-4-10/h8-9,12H,2-7,11H2,1H3. The zero-order valence-electron chi connectivity index (χ0n) is 7.97. The van der Waals surface area contributed by atoms with E-state index in [2.05, 4.69) is 12.2 Å². The van der Waals surface area contributed by atoms with E-state index >= 15 is 0 Å². The zero-order chi connectivity index (χ0) is 8.60. The summed E-state index contributed by atoms with van der Waals surface area (Å²) in [5.41, 5.74) is 6.27. The summed E-state index contributed by atoms with van der Waals surface area (Å²) >= 11 is 0. The van der Waals surface area contributed by atoms with Crippen molar-refractivity contribution < 1.29 is 0 Å². The lowest BCUT2D eigenvalue weighted by atomic mass is 9.76. The molecule has 0 aromatic rings. The Morgan fingerprint density at radius 3 is 2.50 bits per heavy atom. The van der Waals surface area contributed by atoms with Gasteiger partial charge in [0.2, 0.25) is 0 Å². The average Bonchev–Trinajstić information content (AvgIpc) is 1.92. The van der Waals surface area contributed by atoms with Crippen molar-refractivity contribution in [3.8, 4) is 0 Å². The lowest BCUT2D eigenvalue weighted by Gasteiger charge is -2.42. The Bertz CT molecular complexity index is 157. The smallest absolute Gasteiger partial charge is 0.0280 e. The van der Waals surface area contributed by atoms with Gasteiger partial charge in [-0.15, -0.1) is 0 Å². The molecular formula is C10H20N2. The highest BCUT2D eigenvalue weighted by Gasteiger charge is 2.34. The quantitative estimate of drug-likeness (QED) is 0.665. The molecule has 2 aliphatic carbocycles. The van der Waals surface area contributed by atoms with Gasteiger partial charge in [-0.25, -0.2) is 0 Å². The fourth-order valence-corrected chi connectivity index (χ4v) is 2.22. The maximum Gasteiger partial charge on any atom is 0.0280 e. The maximum absolute atomic E-state index is 6.10. The molecule has 2 saturated carbocycles. The van der Waals surface area contributed by atoms with Gasteiger partial charge in [-0.2, -0.15) is 0 Å². The van der Waals surface area contributed by atoms with Crippen molar-refractivity contribution in [2.45, 2.75) is 50.6 Å². The van der Waals surface area contributed by atoms with Gasteiger partial charge >= 0.3 is 0 Å². The molecule has 0 aromatic carbocycles. The van der Waals surface area contributed by atoms with E-state index in [4.69, 9.17) is 5.73 Å². The van der Waals surface area contributed by atoms with Crippen molar-refractivity contribution in [1.29, 1.82) is 0 Å². The van der Waals surface area contributed by atoms with Crippen LogP contribution in [-0.2, 0) is 0 Å². The molecule has 0 saturated heterocycles. The van der Waals surface area contributed by atoms with Crippen LogP contribution in [0.15, 0.2) is 0 Å². The van der Waals surface area contributed by atoms with Crippen LogP contribution in [0.3, 0.4) is 0 Å². The molecule has 0 aliphatic heterocycles. The van der Waals surface area contributed by atoms with Gasteiger partial charge in [-0.05, 0) is 38.0 Å². The first kappa shape index (κ1) is 8.52. The molecule has 0 radical (unpaired) electrons. The van der Waals surface area contributed by atoms with E-state index in [-0.39, 0.29) is 5.54 Å². The second kappa shape index (κ2) is 3.00. The van der Waals surface area contributed by atoms with Crippen LogP contribution in [0, 0.1) is 5.92 Å². The van der Waals surface area contributed by atoms with Gasteiger partial charge in [0.05, 0.1) is 0 Å². The number of hydrogen-bond acceptors (Lipinski definition) is 2. The van der Waals surface area contributed by atoms with E-state index in [1.807, 2.05) is 0 Å². The largest absolute Gasteiger partial charge is 0.324 e. The third kappa shape index (κ3) is 1.64. The summed E-state index contributed by atoms with van der Waals surface area (Å²) in [5, 5.41) is 3.57. The van der Waals surface area contributed by atoms with E-state index in [0.717, 1.165) is 18.5 Å². The van der Waals surface area contributed by atoms with Crippen LogP contribution in [0.2, 0.25) is 0 Å². The van der Waals surface area contributed by atoms with Gasteiger partial charge in [-0.1, -0.05) is 6.92 Å². The van der Waals surface area contributed by atoms with Crippen LogP contribution in [0.5, 0.6) is 0 Å². The predicted molar refractivity (Wildman–Crippen MR) is 51.0 cm³/mol. The summed E-state index contributed by atoms with van der Waals surface area (Å²) in [6.07, 6.45) is 6.50. The van der Waals surface area contributed by atoms with Crippen molar-refractivity contribution in [2.75, 3.05) is 6.54 Å². The van der Waals surface area contributed by atoms with Gasteiger partial charge in [0.1, 0.15) is 0 Å². The van der Waals surface area contributed by atoms with E-state index in [0.29, 0.717) is 0 Å². The molecule has 2 aliphatic rings. The van der Waals surface area contributed by atoms with Gasteiger partial charge in [0.25, 0.3) is 0 Å². The van der Waals surface area contributed by atoms with Gasteiger partial charge in [0, 0.05) is 18.1 Å². The van der Waals surface area contributed by atoms with Crippen LogP contribution in [0.1, 0.15) is 39.0 Å². The molecule has 70 valence electrons. The van der Waals surface area contributed by atoms with Crippen LogP contribution >= 0.6 is 0 Å². The molecule has 0 bridgehead atoms. The van der Waals surface area contributed by atoms with Crippen LogP contribution in [0.4, 0.5) is 0 Å². The molecule has 0 spiro atoms. The monoisotopic (exact) mass is 168 g/mol. The second-order valence-corrected chi connectivity index (χ2v) is 4.87.